The van der Waals surface area contributed by atoms with Gasteiger partial charge in [-0.25, -0.2) is 5.43 Å². The molecule has 0 saturated carbocycles. The largest absolute Gasteiger partial charge is 0.507 e. The van der Waals surface area contributed by atoms with E-state index < -0.39 is 16.5 Å². The number of carbonyl (C=O) groups is 1. The highest BCUT2D eigenvalue weighted by atomic mass is 79.9. The highest BCUT2D eigenvalue weighted by Gasteiger charge is 2.25. The molecule has 0 saturated heterocycles. The van der Waals surface area contributed by atoms with Crippen LogP contribution >= 0.6 is 31.9 Å². The summed E-state index contributed by atoms with van der Waals surface area (Å²) in [6, 6.07) is 12.1. The van der Waals surface area contributed by atoms with Crippen LogP contribution in [0.4, 0.5) is 5.69 Å². The zero-order valence-electron chi connectivity index (χ0n) is 14.6. The second kappa shape index (κ2) is 8.97. The van der Waals surface area contributed by atoms with Gasteiger partial charge in [0.15, 0.2) is 0 Å². The molecule has 0 radical (unpaired) electrons. The van der Waals surface area contributed by atoms with Crippen LogP contribution < -0.4 is 5.43 Å². The molecule has 3 aromatic rings. The molecular formula is C18H13Br2N5O4. The molecule has 0 atom stereocenters. The van der Waals surface area contributed by atoms with Crippen LogP contribution in [0.2, 0.25) is 0 Å². The van der Waals surface area contributed by atoms with Gasteiger partial charge in [0.2, 0.25) is 5.69 Å². The third kappa shape index (κ3) is 5.27. The van der Waals surface area contributed by atoms with Crippen LogP contribution in [0.1, 0.15) is 21.6 Å². The fourth-order valence-electron chi connectivity index (χ4n) is 2.45. The summed E-state index contributed by atoms with van der Waals surface area (Å²) in [7, 11) is 0. The van der Waals surface area contributed by atoms with Gasteiger partial charge < -0.3 is 5.11 Å². The van der Waals surface area contributed by atoms with E-state index in [-0.39, 0.29) is 18.0 Å². The lowest BCUT2D eigenvalue weighted by Crippen LogP contribution is -2.19. The summed E-state index contributed by atoms with van der Waals surface area (Å²) in [6.07, 6.45) is 2.42. The van der Waals surface area contributed by atoms with Crippen molar-refractivity contribution in [3.05, 3.63) is 84.5 Å². The summed E-state index contributed by atoms with van der Waals surface area (Å²) in [5.74, 6) is -0.870. The van der Waals surface area contributed by atoms with Crippen molar-refractivity contribution in [2.75, 3.05) is 0 Å². The Kier molecular flexibility index (Phi) is 6.39. The first-order chi connectivity index (χ1) is 13.8. The minimum Gasteiger partial charge on any atom is -0.507 e. The number of halogens is 2. The highest BCUT2D eigenvalue weighted by molar-refractivity contribution is 9.10. The number of phenolic OH excluding ortho intramolecular Hbond substituents is 1. The number of nitrogens with one attached hydrogen (secondary N) is 1. The van der Waals surface area contributed by atoms with Gasteiger partial charge in [0, 0.05) is 14.5 Å². The minimum absolute atomic E-state index is 0.0320. The maximum atomic E-state index is 12.3. The maximum absolute atomic E-state index is 12.3. The van der Waals surface area contributed by atoms with Crippen molar-refractivity contribution in [2.45, 2.75) is 6.54 Å². The van der Waals surface area contributed by atoms with Crippen molar-refractivity contribution >= 4 is 49.7 Å². The van der Waals surface area contributed by atoms with E-state index in [0.717, 1.165) is 10.0 Å². The third-order valence-corrected chi connectivity index (χ3v) is 4.73. The molecule has 3 rings (SSSR count). The molecule has 0 aliphatic rings. The van der Waals surface area contributed by atoms with Gasteiger partial charge in [0.25, 0.3) is 5.91 Å². The van der Waals surface area contributed by atoms with E-state index in [1.165, 1.54) is 23.2 Å². The highest BCUT2D eigenvalue weighted by Crippen LogP contribution is 2.21. The van der Waals surface area contributed by atoms with Crippen LogP contribution in [0, 0.1) is 10.1 Å². The number of nitrogens with zero attached hydrogens (tertiary/aromatic N) is 4. The van der Waals surface area contributed by atoms with E-state index in [1.54, 1.807) is 12.1 Å². The van der Waals surface area contributed by atoms with Crippen LogP contribution in [0.3, 0.4) is 0 Å². The second-order valence-corrected chi connectivity index (χ2v) is 7.68. The summed E-state index contributed by atoms with van der Waals surface area (Å²) in [5.41, 5.74) is 2.61. The predicted octanol–water partition coefficient (Wildman–Crippen LogP) is 3.83. The molecule has 0 aliphatic heterocycles. The van der Waals surface area contributed by atoms with E-state index >= 15 is 0 Å². The quantitative estimate of drug-likeness (QED) is 0.289. The molecule has 11 heteroatoms. The fraction of sp³-hybridized carbons (Fsp3) is 0.0556. The van der Waals surface area contributed by atoms with Gasteiger partial charge in [-0.3, -0.25) is 19.6 Å². The van der Waals surface area contributed by atoms with Gasteiger partial charge in [-0.15, -0.1) is 0 Å². The van der Waals surface area contributed by atoms with Crippen LogP contribution in [-0.4, -0.2) is 31.9 Å². The lowest BCUT2D eigenvalue weighted by Gasteiger charge is -2.02. The first-order valence-corrected chi connectivity index (χ1v) is 9.70. The monoisotopic (exact) mass is 521 g/mol. The molecule has 0 aliphatic carbocycles. The molecule has 0 spiro atoms. The van der Waals surface area contributed by atoms with Crippen LogP contribution in [0.25, 0.3) is 0 Å². The number of hydrogen-bond acceptors (Lipinski definition) is 6. The Labute approximate surface area is 181 Å². The Morgan fingerprint density at radius 2 is 2.03 bits per heavy atom. The Morgan fingerprint density at radius 1 is 1.28 bits per heavy atom. The molecule has 1 amide bonds. The minimum atomic E-state index is -0.838. The van der Waals surface area contributed by atoms with Gasteiger partial charge in [-0.2, -0.15) is 10.2 Å². The lowest BCUT2D eigenvalue weighted by molar-refractivity contribution is -0.385. The molecular weight excluding hydrogens is 510 g/mol. The zero-order valence-corrected chi connectivity index (χ0v) is 17.8. The lowest BCUT2D eigenvalue weighted by atomic mass is 10.2. The number of hydrazone groups is 1. The Bertz CT molecular complexity index is 1110. The SMILES string of the molecule is O=C(N/N=C/c1cc(Br)ccc1O)c1nn(Cc2cccc(Br)c2)cc1[N+](=O)[O-]. The summed E-state index contributed by atoms with van der Waals surface area (Å²) < 4.78 is 2.89. The molecule has 2 aromatic carbocycles. The number of hydrogen-bond donors (Lipinski definition) is 2. The van der Waals surface area contributed by atoms with E-state index in [4.69, 9.17) is 0 Å². The number of rotatable bonds is 6. The van der Waals surface area contributed by atoms with E-state index in [9.17, 15) is 20.0 Å². The van der Waals surface area contributed by atoms with Crippen molar-refractivity contribution in [1.29, 1.82) is 0 Å². The average Bonchev–Trinajstić information content (AvgIpc) is 3.09. The number of aromatic nitrogens is 2. The van der Waals surface area contributed by atoms with E-state index in [0.29, 0.717) is 10.0 Å². The Balaban J connectivity index is 1.78. The topological polar surface area (TPSA) is 123 Å². The number of aromatic hydroxyl groups is 1. The summed E-state index contributed by atoms with van der Waals surface area (Å²) in [4.78, 5) is 23.0. The molecule has 9 nitrogen and oxygen atoms in total. The molecule has 2 N–H and O–H groups in total. The van der Waals surface area contributed by atoms with E-state index in [2.05, 4.69) is 47.5 Å². The molecule has 0 unspecified atom stereocenters. The molecule has 0 fully saturated rings. The smallest absolute Gasteiger partial charge is 0.320 e. The molecule has 148 valence electrons. The standard InChI is InChI=1S/C18H13Br2N5O4/c19-13-3-1-2-11(6-13)9-24-10-15(25(28)29)17(23-24)18(27)22-21-8-12-7-14(20)4-5-16(12)26/h1-8,10,26H,9H2,(H,22,27)/b21-8+. The van der Waals surface area contributed by atoms with Crippen molar-refractivity contribution in [3.63, 3.8) is 0 Å². The van der Waals surface area contributed by atoms with Crippen molar-refractivity contribution in [3.8, 4) is 5.75 Å². The van der Waals surface area contributed by atoms with Crippen molar-refractivity contribution in [1.82, 2.24) is 15.2 Å². The molecule has 1 aromatic heterocycles. The average molecular weight is 523 g/mol. The number of nitro groups is 1. The van der Waals surface area contributed by atoms with Gasteiger partial charge in [-0.05, 0) is 35.9 Å². The number of amides is 1. The van der Waals surface area contributed by atoms with Crippen LogP contribution in [0.15, 0.2) is 62.7 Å². The normalized spacial score (nSPS) is 11.0. The van der Waals surface area contributed by atoms with Gasteiger partial charge in [0.1, 0.15) is 11.9 Å². The summed E-state index contributed by atoms with van der Waals surface area (Å²) >= 11 is 6.62. The second-order valence-electron chi connectivity index (χ2n) is 5.85. The maximum Gasteiger partial charge on any atom is 0.320 e. The molecule has 0 bridgehead atoms. The Morgan fingerprint density at radius 3 is 2.76 bits per heavy atom. The summed E-state index contributed by atoms with van der Waals surface area (Å²) in [5, 5.41) is 28.8. The number of carbonyl (C=O) groups excluding carboxylic acids is 1. The van der Waals surface area contributed by atoms with Crippen LogP contribution in [-0.2, 0) is 6.54 Å². The number of phenols is 1. The molecule has 29 heavy (non-hydrogen) atoms. The predicted molar refractivity (Wildman–Crippen MR) is 113 cm³/mol. The Hall–Kier alpha value is -3.05. The van der Waals surface area contributed by atoms with Gasteiger partial charge in [-0.1, -0.05) is 44.0 Å². The van der Waals surface area contributed by atoms with Crippen molar-refractivity contribution < 1.29 is 14.8 Å². The zero-order chi connectivity index (χ0) is 21.0. The summed E-state index contributed by atoms with van der Waals surface area (Å²) in [6.45, 7) is 0.253. The van der Waals surface area contributed by atoms with Crippen LogP contribution in [0.5, 0.6) is 5.75 Å². The molecule has 1 heterocycles. The van der Waals surface area contributed by atoms with Gasteiger partial charge in [0.05, 0.1) is 17.7 Å². The number of benzene rings is 2. The van der Waals surface area contributed by atoms with E-state index in [1.807, 2.05) is 24.3 Å². The van der Waals surface area contributed by atoms with Gasteiger partial charge >= 0.3 is 5.69 Å². The first-order valence-electron chi connectivity index (χ1n) is 8.11. The third-order valence-electron chi connectivity index (χ3n) is 3.75. The van der Waals surface area contributed by atoms with Crippen molar-refractivity contribution in [2.24, 2.45) is 5.10 Å². The fourth-order valence-corrected chi connectivity index (χ4v) is 3.28. The first kappa shape index (κ1) is 20.7.